The first-order valence-corrected chi connectivity index (χ1v) is 6.34. The number of nitrogens with zero attached hydrogens (tertiary/aromatic N) is 1. The number of hydrogen-bond donors (Lipinski definition) is 2. The molecule has 1 aromatic carbocycles. The molecule has 0 radical (unpaired) electrons. The quantitative estimate of drug-likeness (QED) is 0.434. The van der Waals surface area contributed by atoms with Crippen molar-refractivity contribution in [3.63, 3.8) is 0 Å². The zero-order valence-corrected chi connectivity index (χ0v) is 12.2. The van der Waals surface area contributed by atoms with E-state index in [9.17, 15) is 14.9 Å². The fourth-order valence-corrected chi connectivity index (χ4v) is 1.62. The summed E-state index contributed by atoms with van der Waals surface area (Å²) in [6, 6.07) is 6.14. The zero-order valence-electron chi connectivity index (χ0n) is 11.4. The molecule has 2 N–H and O–H groups in total. The SMILES string of the molecule is CCCNCCNC(=O)Cc1cccc([N+](=O)[O-])c1.Cl. The Morgan fingerprint density at radius 3 is 2.70 bits per heavy atom. The number of nitrogens with one attached hydrogen (secondary N) is 2. The number of carbonyl (C=O) groups excluding carboxylic acids is 1. The minimum Gasteiger partial charge on any atom is -0.355 e. The van der Waals surface area contributed by atoms with Crippen LogP contribution in [0.1, 0.15) is 18.9 Å². The number of hydrogen-bond acceptors (Lipinski definition) is 4. The number of benzene rings is 1. The van der Waals surface area contributed by atoms with Crippen molar-refractivity contribution < 1.29 is 9.72 Å². The maximum Gasteiger partial charge on any atom is 0.269 e. The van der Waals surface area contributed by atoms with E-state index in [1.54, 1.807) is 12.1 Å². The van der Waals surface area contributed by atoms with Crippen LogP contribution in [0.2, 0.25) is 0 Å². The molecule has 0 aromatic heterocycles. The molecule has 112 valence electrons. The lowest BCUT2D eigenvalue weighted by molar-refractivity contribution is -0.384. The lowest BCUT2D eigenvalue weighted by Crippen LogP contribution is -2.32. The van der Waals surface area contributed by atoms with Crippen molar-refractivity contribution in [3.8, 4) is 0 Å². The van der Waals surface area contributed by atoms with Crippen LogP contribution in [-0.4, -0.2) is 30.5 Å². The molecule has 1 rings (SSSR count). The molecular weight excluding hydrogens is 282 g/mol. The molecule has 1 amide bonds. The fraction of sp³-hybridized carbons (Fsp3) is 0.462. The zero-order chi connectivity index (χ0) is 14.1. The second-order valence-corrected chi connectivity index (χ2v) is 4.20. The Kier molecular flexibility index (Phi) is 9.32. The first-order chi connectivity index (χ1) is 9.13. The van der Waals surface area contributed by atoms with Crippen LogP contribution < -0.4 is 10.6 Å². The minimum absolute atomic E-state index is 0. The fourth-order valence-electron chi connectivity index (χ4n) is 1.62. The smallest absolute Gasteiger partial charge is 0.269 e. The third-order valence-electron chi connectivity index (χ3n) is 2.54. The Balaban J connectivity index is 0.00000361. The number of carbonyl (C=O) groups is 1. The summed E-state index contributed by atoms with van der Waals surface area (Å²) in [5.41, 5.74) is 0.656. The second kappa shape index (κ2) is 10.2. The van der Waals surface area contributed by atoms with Gasteiger partial charge in [0.05, 0.1) is 11.3 Å². The van der Waals surface area contributed by atoms with Crippen molar-refractivity contribution in [1.29, 1.82) is 0 Å². The van der Waals surface area contributed by atoms with E-state index < -0.39 is 4.92 Å². The van der Waals surface area contributed by atoms with E-state index in [0.717, 1.165) is 19.5 Å². The van der Waals surface area contributed by atoms with Gasteiger partial charge in [0.1, 0.15) is 0 Å². The maximum absolute atomic E-state index is 11.6. The number of non-ortho nitro benzene ring substituents is 1. The van der Waals surface area contributed by atoms with Gasteiger partial charge in [-0.2, -0.15) is 0 Å². The Labute approximate surface area is 124 Å². The van der Waals surface area contributed by atoms with Gasteiger partial charge in [0.2, 0.25) is 5.91 Å². The summed E-state index contributed by atoms with van der Waals surface area (Å²) in [7, 11) is 0. The Morgan fingerprint density at radius 1 is 1.30 bits per heavy atom. The molecule has 20 heavy (non-hydrogen) atoms. The second-order valence-electron chi connectivity index (χ2n) is 4.20. The topological polar surface area (TPSA) is 84.3 Å². The highest BCUT2D eigenvalue weighted by Crippen LogP contribution is 2.13. The van der Waals surface area contributed by atoms with Gasteiger partial charge in [-0.25, -0.2) is 0 Å². The van der Waals surface area contributed by atoms with E-state index in [-0.39, 0.29) is 30.4 Å². The highest BCUT2D eigenvalue weighted by Gasteiger charge is 2.08. The van der Waals surface area contributed by atoms with Crippen LogP contribution in [0.15, 0.2) is 24.3 Å². The van der Waals surface area contributed by atoms with Crippen LogP contribution >= 0.6 is 12.4 Å². The Hall–Kier alpha value is -1.66. The van der Waals surface area contributed by atoms with Crippen molar-refractivity contribution >= 4 is 24.0 Å². The molecule has 6 nitrogen and oxygen atoms in total. The largest absolute Gasteiger partial charge is 0.355 e. The predicted molar refractivity (Wildman–Crippen MR) is 80.2 cm³/mol. The molecule has 0 atom stereocenters. The van der Waals surface area contributed by atoms with Gasteiger partial charge in [-0.3, -0.25) is 14.9 Å². The average molecular weight is 302 g/mol. The predicted octanol–water partition coefficient (Wildman–Crippen LogP) is 1.67. The lowest BCUT2D eigenvalue weighted by Gasteiger charge is -2.06. The summed E-state index contributed by atoms with van der Waals surface area (Å²) in [6.45, 7) is 4.30. The summed E-state index contributed by atoms with van der Waals surface area (Å²) >= 11 is 0. The van der Waals surface area contributed by atoms with Gasteiger partial charge in [-0.1, -0.05) is 19.1 Å². The highest BCUT2D eigenvalue weighted by molar-refractivity contribution is 5.85. The number of nitro benzene ring substituents is 1. The van der Waals surface area contributed by atoms with Gasteiger partial charge in [0.25, 0.3) is 5.69 Å². The lowest BCUT2D eigenvalue weighted by atomic mass is 10.1. The molecule has 0 aliphatic heterocycles. The average Bonchev–Trinajstić information content (AvgIpc) is 2.38. The summed E-state index contributed by atoms with van der Waals surface area (Å²) in [5, 5.41) is 16.5. The molecule has 0 saturated carbocycles. The first-order valence-electron chi connectivity index (χ1n) is 6.34. The summed E-state index contributed by atoms with van der Waals surface area (Å²) in [5.74, 6) is -0.126. The minimum atomic E-state index is -0.462. The first kappa shape index (κ1) is 18.3. The van der Waals surface area contributed by atoms with Crippen LogP contribution in [0.25, 0.3) is 0 Å². The summed E-state index contributed by atoms with van der Waals surface area (Å²) < 4.78 is 0. The van der Waals surface area contributed by atoms with Crippen LogP contribution in [-0.2, 0) is 11.2 Å². The Morgan fingerprint density at radius 2 is 2.05 bits per heavy atom. The third-order valence-corrected chi connectivity index (χ3v) is 2.54. The molecule has 1 aromatic rings. The van der Waals surface area contributed by atoms with Crippen molar-refractivity contribution in [2.24, 2.45) is 0 Å². The van der Waals surface area contributed by atoms with E-state index in [2.05, 4.69) is 17.6 Å². The normalized spacial score (nSPS) is 9.65. The van der Waals surface area contributed by atoms with Crippen LogP contribution in [0.4, 0.5) is 5.69 Å². The molecule has 0 aliphatic carbocycles. The van der Waals surface area contributed by atoms with Crippen LogP contribution in [0, 0.1) is 10.1 Å². The van der Waals surface area contributed by atoms with Gasteiger partial charge in [0.15, 0.2) is 0 Å². The van der Waals surface area contributed by atoms with E-state index >= 15 is 0 Å². The number of rotatable bonds is 8. The van der Waals surface area contributed by atoms with Gasteiger partial charge < -0.3 is 10.6 Å². The molecule has 0 aliphatic rings. The molecule has 0 fully saturated rings. The van der Waals surface area contributed by atoms with Crippen molar-refractivity contribution in [1.82, 2.24) is 10.6 Å². The van der Waals surface area contributed by atoms with E-state index in [0.29, 0.717) is 12.1 Å². The van der Waals surface area contributed by atoms with Crippen molar-refractivity contribution in [2.45, 2.75) is 19.8 Å². The number of halogens is 1. The van der Waals surface area contributed by atoms with E-state index in [1.807, 2.05) is 0 Å². The standard InChI is InChI=1S/C13H19N3O3.ClH/c1-2-6-14-7-8-15-13(17)10-11-4-3-5-12(9-11)16(18)19;/h3-5,9,14H,2,6-8,10H2,1H3,(H,15,17);1H. The molecule has 0 unspecified atom stereocenters. The summed E-state index contributed by atoms with van der Waals surface area (Å²) in [4.78, 5) is 21.8. The Bertz CT molecular complexity index is 441. The molecule has 0 heterocycles. The number of amides is 1. The van der Waals surface area contributed by atoms with E-state index in [1.165, 1.54) is 12.1 Å². The van der Waals surface area contributed by atoms with Crippen molar-refractivity contribution in [3.05, 3.63) is 39.9 Å². The van der Waals surface area contributed by atoms with E-state index in [4.69, 9.17) is 0 Å². The van der Waals surface area contributed by atoms with Crippen LogP contribution in [0.5, 0.6) is 0 Å². The van der Waals surface area contributed by atoms with Gasteiger partial charge in [-0.05, 0) is 18.5 Å². The maximum atomic E-state index is 11.6. The molecular formula is C13H20ClN3O3. The molecule has 7 heteroatoms. The third kappa shape index (κ3) is 7.06. The van der Waals surface area contributed by atoms with Gasteiger partial charge in [0, 0.05) is 25.2 Å². The van der Waals surface area contributed by atoms with Crippen LogP contribution in [0.3, 0.4) is 0 Å². The monoisotopic (exact) mass is 301 g/mol. The molecule has 0 saturated heterocycles. The van der Waals surface area contributed by atoms with Crippen molar-refractivity contribution in [2.75, 3.05) is 19.6 Å². The summed E-state index contributed by atoms with van der Waals surface area (Å²) in [6.07, 6.45) is 1.22. The molecule has 0 spiro atoms. The van der Waals surface area contributed by atoms with Gasteiger partial charge in [-0.15, -0.1) is 12.4 Å². The number of nitro groups is 1. The molecule has 0 bridgehead atoms. The van der Waals surface area contributed by atoms with Gasteiger partial charge >= 0.3 is 0 Å². The highest BCUT2D eigenvalue weighted by atomic mass is 35.5.